The third-order valence-electron chi connectivity index (χ3n) is 10.3. The van der Waals surface area contributed by atoms with E-state index in [0.29, 0.717) is 11.4 Å². The first kappa shape index (κ1) is 31.0. The fourth-order valence-corrected chi connectivity index (χ4v) is 9.00. The molecule has 7 aromatic carbocycles. The molecule has 1 aliphatic heterocycles. The maximum atomic E-state index is 9.64. The van der Waals surface area contributed by atoms with E-state index in [1.807, 2.05) is 54.8 Å². The van der Waals surface area contributed by atoms with Gasteiger partial charge in [0.15, 0.2) is 5.84 Å². The second-order valence-corrected chi connectivity index (χ2v) is 14.4. The molecule has 250 valence electrons. The van der Waals surface area contributed by atoms with E-state index in [1.54, 1.807) is 6.07 Å². The van der Waals surface area contributed by atoms with Crippen molar-refractivity contribution in [3.63, 3.8) is 0 Å². The van der Waals surface area contributed by atoms with Gasteiger partial charge in [-0.3, -0.25) is 0 Å². The lowest BCUT2D eigenvalue weighted by molar-refractivity contribution is 0.383. The molecule has 2 aromatic heterocycles. The van der Waals surface area contributed by atoms with Crippen molar-refractivity contribution in [2.24, 2.45) is 9.98 Å². The minimum atomic E-state index is -0.287. The van der Waals surface area contributed by atoms with Gasteiger partial charge in [-0.2, -0.15) is 5.26 Å². The molecule has 6 heteroatoms. The average molecular weight is 698 g/mol. The lowest BCUT2D eigenvalue weighted by atomic mass is 10.0. The summed E-state index contributed by atoms with van der Waals surface area (Å²) in [6.45, 7) is 0. The van der Waals surface area contributed by atoms with Crippen molar-refractivity contribution >= 4 is 65.0 Å². The monoisotopic (exact) mass is 697 g/mol. The van der Waals surface area contributed by atoms with E-state index >= 15 is 0 Å². The molecule has 0 spiro atoms. The molecular weight excluding hydrogens is 667 g/mol. The van der Waals surface area contributed by atoms with E-state index in [-0.39, 0.29) is 6.17 Å². The fourth-order valence-electron chi connectivity index (χ4n) is 7.76. The zero-order chi connectivity index (χ0) is 35.5. The third kappa shape index (κ3) is 5.13. The number of hydrogen-bond acceptors (Lipinski definition) is 5. The molecule has 9 aromatic rings. The van der Waals surface area contributed by atoms with Gasteiger partial charge in [0.25, 0.3) is 0 Å². The summed E-state index contributed by atoms with van der Waals surface area (Å²) in [6.07, 6.45) is -0.287. The van der Waals surface area contributed by atoms with Crippen molar-refractivity contribution in [3.8, 4) is 22.9 Å². The van der Waals surface area contributed by atoms with E-state index in [9.17, 15) is 5.26 Å². The number of aliphatic imine (C=N–C) groups is 2. The number of para-hydroxylation sites is 1. The predicted octanol–water partition coefficient (Wildman–Crippen LogP) is 11.5. The zero-order valence-electron chi connectivity index (χ0n) is 28.8. The van der Waals surface area contributed by atoms with Crippen LogP contribution in [0.5, 0.6) is 0 Å². The highest BCUT2D eigenvalue weighted by molar-refractivity contribution is 7.26. The molecule has 1 unspecified atom stereocenters. The standard InChI is InChI=1S/C47H31N5S/c1-51-46(31-13-3-2-4-14-31)49-45(33-15-9-12-30(26-33)29-48)50-47(51)34-16-10-17-35(27-34)52-41-22-7-5-18-37(41)40-28-32(24-25-42(40)52)36-20-11-21-39-38-19-6-8-23-43(38)53-44(36)39/h2-28,46H,1H3. The Morgan fingerprint density at radius 1 is 0.604 bits per heavy atom. The predicted molar refractivity (Wildman–Crippen MR) is 220 cm³/mol. The zero-order valence-corrected chi connectivity index (χ0v) is 29.6. The first-order chi connectivity index (χ1) is 26.1. The van der Waals surface area contributed by atoms with Crippen molar-refractivity contribution in [2.45, 2.75) is 6.17 Å². The smallest absolute Gasteiger partial charge is 0.159 e. The van der Waals surface area contributed by atoms with Gasteiger partial charge >= 0.3 is 0 Å². The number of fused-ring (bicyclic) bond motifs is 6. The Morgan fingerprint density at radius 3 is 2.23 bits per heavy atom. The second-order valence-electron chi connectivity index (χ2n) is 13.4. The lowest BCUT2D eigenvalue weighted by Crippen LogP contribution is -2.35. The second kappa shape index (κ2) is 12.4. The Morgan fingerprint density at radius 2 is 1.34 bits per heavy atom. The van der Waals surface area contributed by atoms with Gasteiger partial charge in [-0.15, -0.1) is 11.3 Å². The van der Waals surface area contributed by atoms with E-state index < -0.39 is 0 Å². The molecule has 10 rings (SSSR count). The molecule has 53 heavy (non-hydrogen) atoms. The molecule has 5 nitrogen and oxygen atoms in total. The maximum Gasteiger partial charge on any atom is 0.159 e. The first-order valence-electron chi connectivity index (χ1n) is 17.6. The van der Waals surface area contributed by atoms with Gasteiger partial charge in [0.2, 0.25) is 0 Å². The molecule has 0 saturated heterocycles. The minimum Gasteiger partial charge on any atom is -0.333 e. The molecule has 1 aliphatic rings. The number of amidine groups is 2. The summed E-state index contributed by atoms with van der Waals surface area (Å²) in [6, 6.07) is 59.6. The maximum absolute atomic E-state index is 9.64. The van der Waals surface area contributed by atoms with Crippen molar-refractivity contribution in [3.05, 3.63) is 186 Å². The summed E-state index contributed by atoms with van der Waals surface area (Å²) in [4.78, 5) is 12.4. The Labute approximate surface area is 310 Å². The van der Waals surface area contributed by atoms with E-state index in [0.717, 1.165) is 39.2 Å². The Kier molecular flexibility index (Phi) is 7.27. The highest BCUT2D eigenvalue weighted by atomic mass is 32.1. The van der Waals surface area contributed by atoms with Gasteiger partial charge in [-0.1, -0.05) is 115 Å². The summed E-state index contributed by atoms with van der Waals surface area (Å²) in [7, 11) is 2.05. The van der Waals surface area contributed by atoms with Crippen LogP contribution in [0.3, 0.4) is 0 Å². The van der Waals surface area contributed by atoms with E-state index in [2.05, 4.69) is 137 Å². The summed E-state index contributed by atoms with van der Waals surface area (Å²) >= 11 is 1.87. The highest BCUT2D eigenvalue weighted by Crippen LogP contribution is 2.42. The highest BCUT2D eigenvalue weighted by Gasteiger charge is 2.27. The Balaban J connectivity index is 1.12. The normalized spacial score (nSPS) is 14.5. The van der Waals surface area contributed by atoms with Gasteiger partial charge in [-0.25, -0.2) is 9.98 Å². The lowest BCUT2D eigenvalue weighted by Gasteiger charge is -2.32. The molecule has 0 saturated carbocycles. The van der Waals surface area contributed by atoms with Gasteiger partial charge in [0, 0.05) is 54.8 Å². The first-order valence-corrected chi connectivity index (χ1v) is 18.5. The molecular formula is C47H31N5S. The molecule has 0 radical (unpaired) electrons. The summed E-state index contributed by atoms with van der Waals surface area (Å²) in [5, 5.41) is 14.7. The Bertz CT molecular complexity index is 3000. The molecule has 0 aliphatic carbocycles. The topological polar surface area (TPSA) is 56.7 Å². The molecule has 0 N–H and O–H groups in total. The number of aromatic nitrogens is 1. The largest absolute Gasteiger partial charge is 0.333 e. The summed E-state index contributed by atoms with van der Waals surface area (Å²) in [5.74, 6) is 1.42. The summed E-state index contributed by atoms with van der Waals surface area (Å²) < 4.78 is 4.99. The van der Waals surface area contributed by atoms with Gasteiger partial charge in [0.05, 0.1) is 22.7 Å². The van der Waals surface area contributed by atoms with Gasteiger partial charge in [0.1, 0.15) is 12.0 Å². The number of thiophene rings is 1. The quantitative estimate of drug-likeness (QED) is 0.180. The Hall–Kier alpha value is -6.81. The molecule has 0 bridgehead atoms. The van der Waals surface area contributed by atoms with Crippen LogP contribution in [0.15, 0.2) is 174 Å². The van der Waals surface area contributed by atoms with Crippen LogP contribution in [0, 0.1) is 11.3 Å². The van der Waals surface area contributed by atoms with Crippen molar-refractivity contribution in [2.75, 3.05) is 7.05 Å². The average Bonchev–Trinajstić information content (AvgIpc) is 3.77. The number of benzene rings is 7. The SMILES string of the molecule is CN1C(c2cccc(-n3c4ccccc4c4cc(-c5cccc6c5sc5ccccc56)ccc43)c2)=NC(c2cccc(C#N)c2)=NC1c1ccccc1. The number of hydrogen-bond donors (Lipinski definition) is 0. The van der Waals surface area contributed by atoms with Crippen LogP contribution in [-0.4, -0.2) is 28.2 Å². The molecule has 1 atom stereocenters. The van der Waals surface area contributed by atoms with Gasteiger partial charge in [-0.05, 0) is 65.2 Å². The van der Waals surface area contributed by atoms with Gasteiger partial charge < -0.3 is 9.47 Å². The van der Waals surface area contributed by atoms with Crippen molar-refractivity contribution < 1.29 is 0 Å². The van der Waals surface area contributed by atoms with Crippen molar-refractivity contribution in [1.82, 2.24) is 9.47 Å². The van der Waals surface area contributed by atoms with E-state index in [4.69, 9.17) is 9.98 Å². The van der Waals surface area contributed by atoms with Crippen LogP contribution in [0.1, 0.15) is 28.4 Å². The number of nitrogens with zero attached hydrogens (tertiary/aromatic N) is 5. The number of nitriles is 1. The molecule has 3 heterocycles. The molecule has 0 amide bonds. The van der Waals surface area contributed by atoms with Crippen LogP contribution in [0.25, 0.3) is 58.8 Å². The van der Waals surface area contributed by atoms with Crippen LogP contribution >= 0.6 is 11.3 Å². The fraction of sp³-hybridized carbons (Fsp3) is 0.0426. The van der Waals surface area contributed by atoms with E-state index in [1.165, 1.54) is 42.1 Å². The number of rotatable bonds is 5. The third-order valence-corrected chi connectivity index (χ3v) is 11.5. The minimum absolute atomic E-state index is 0.287. The van der Waals surface area contributed by atoms with Crippen LogP contribution in [-0.2, 0) is 0 Å². The summed E-state index contributed by atoms with van der Waals surface area (Å²) in [5.41, 5.74) is 9.25. The van der Waals surface area contributed by atoms with Crippen LogP contribution in [0.4, 0.5) is 0 Å². The van der Waals surface area contributed by atoms with Crippen LogP contribution in [0.2, 0.25) is 0 Å². The van der Waals surface area contributed by atoms with Crippen molar-refractivity contribution in [1.29, 1.82) is 5.26 Å². The molecule has 0 fully saturated rings. The van der Waals surface area contributed by atoms with Crippen LogP contribution < -0.4 is 0 Å².